The smallest absolute Gasteiger partial charge is 0.306 e. The predicted molar refractivity (Wildman–Crippen MR) is 227 cm³/mol. The number of hydrogen-bond donors (Lipinski definition) is 3. The van der Waals surface area contributed by atoms with Gasteiger partial charge in [0.15, 0.2) is 0 Å². The maximum atomic E-state index is 13.1. The van der Waals surface area contributed by atoms with Crippen molar-refractivity contribution in [1.82, 2.24) is 5.32 Å². The Morgan fingerprint density at radius 2 is 1.11 bits per heavy atom. The molecule has 0 aromatic carbocycles. The minimum atomic E-state index is -0.798. The van der Waals surface area contributed by atoms with Gasteiger partial charge in [-0.2, -0.15) is 0 Å². The molecule has 0 aliphatic heterocycles. The molecule has 0 aromatic heterocycles. The van der Waals surface area contributed by atoms with E-state index in [-0.39, 0.29) is 24.9 Å². The summed E-state index contributed by atoms with van der Waals surface area (Å²) in [6, 6.07) is -0.714. The van der Waals surface area contributed by atoms with E-state index in [1.807, 2.05) is 30.4 Å². The molecule has 0 radical (unpaired) electrons. The normalized spacial score (nSPS) is 14.1. The van der Waals surface area contributed by atoms with E-state index in [4.69, 9.17) is 4.74 Å². The van der Waals surface area contributed by atoms with Crippen LogP contribution in [0.1, 0.15) is 188 Å². The van der Waals surface area contributed by atoms with Gasteiger partial charge < -0.3 is 20.3 Å². The van der Waals surface area contributed by atoms with Crippen molar-refractivity contribution in [2.75, 3.05) is 6.61 Å². The second-order valence-electron chi connectivity index (χ2n) is 14.4. The van der Waals surface area contributed by atoms with Gasteiger partial charge >= 0.3 is 5.97 Å². The average molecular weight is 740 g/mol. The summed E-state index contributed by atoms with van der Waals surface area (Å²) in [4.78, 5) is 25.9. The van der Waals surface area contributed by atoms with E-state index in [9.17, 15) is 19.8 Å². The zero-order chi connectivity index (χ0) is 38.9. The van der Waals surface area contributed by atoms with Crippen LogP contribution in [0.4, 0.5) is 0 Å². The molecule has 0 saturated carbocycles. The van der Waals surface area contributed by atoms with Gasteiger partial charge in [-0.15, -0.1) is 0 Å². The van der Waals surface area contributed by atoms with Gasteiger partial charge in [0.25, 0.3) is 0 Å². The lowest BCUT2D eigenvalue weighted by atomic mass is 10.0. The summed E-state index contributed by atoms with van der Waals surface area (Å²) in [6.07, 6.45) is 49.6. The third-order valence-electron chi connectivity index (χ3n) is 9.38. The summed E-state index contributed by atoms with van der Waals surface area (Å²) in [6.45, 7) is 6.17. The SMILES string of the molecule is CC/C=C/C=C/C=C\C=C/CCCCCC(=O)OC(CCCCCCC/C=C/C/C=C/CC)CC(=O)NC(CO)C(O)CCCCCCCCCCC. The van der Waals surface area contributed by atoms with Crippen LogP contribution in [0.2, 0.25) is 0 Å². The molecule has 0 fully saturated rings. The van der Waals surface area contributed by atoms with Crippen molar-refractivity contribution in [3.05, 3.63) is 72.9 Å². The number of carbonyl (C=O) groups excluding carboxylic acids is 2. The Bertz CT molecular complexity index is 1010. The number of carbonyl (C=O) groups is 2. The van der Waals surface area contributed by atoms with Gasteiger partial charge in [-0.05, 0) is 70.6 Å². The molecule has 0 saturated heterocycles. The maximum absolute atomic E-state index is 13.1. The molecule has 0 spiro atoms. The van der Waals surface area contributed by atoms with E-state index in [1.54, 1.807) is 0 Å². The van der Waals surface area contributed by atoms with Crippen molar-refractivity contribution in [3.63, 3.8) is 0 Å². The molecule has 3 atom stereocenters. The molecule has 0 bridgehead atoms. The number of esters is 1. The summed E-state index contributed by atoms with van der Waals surface area (Å²) in [7, 11) is 0. The number of amides is 1. The third-order valence-corrected chi connectivity index (χ3v) is 9.38. The second-order valence-corrected chi connectivity index (χ2v) is 14.4. The molecule has 304 valence electrons. The fourth-order valence-corrected chi connectivity index (χ4v) is 6.12. The van der Waals surface area contributed by atoms with Crippen LogP contribution < -0.4 is 5.32 Å². The highest BCUT2D eigenvalue weighted by atomic mass is 16.5. The van der Waals surface area contributed by atoms with Gasteiger partial charge in [0, 0.05) is 6.42 Å². The van der Waals surface area contributed by atoms with Gasteiger partial charge in [0.1, 0.15) is 6.10 Å². The zero-order valence-electron chi connectivity index (χ0n) is 34.4. The molecule has 53 heavy (non-hydrogen) atoms. The summed E-state index contributed by atoms with van der Waals surface area (Å²) >= 11 is 0. The van der Waals surface area contributed by atoms with E-state index >= 15 is 0 Å². The van der Waals surface area contributed by atoms with E-state index in [0.29, 0.717) is 19.3 Å². The first-order valence-electron chi connectivity index (χ1n) is 21.7. The van der Waals surface area contributed by atoms with Crippen molar-refractivity contribution >= 4 is 11.9 Å². The van der Waals surface area contributed by atoms with Crippen molar-refractivity contribution in [1.29, 1.82) is 0 Å². The fourth-order valence-electron chi connectivity index (χ4n) is 6.12. The quantitative estimate of drug-likeness (QED) is 0.0255. The standard InChI is InChI=1S/C47H81NO5/c1-4-7-10-13-16-19-21-23-25-28-31-34-37-40-47(52)53-43(38-35-32-29-27-24-22-20-17-14-11-8-5-2)41-46(51)48-44(42-49)45(50)39-36-33-30-26-18-15-12-9-6-3/h7-8,10-11,13,16-17,19-21,23,25,43-45,49-50H,4-6,9,12,14-15,18,22,24,26-42H2,1-3H3,(H,48,51)/b10-7+,11-8+,16-13+,20-17+,21-19-,25-23-. The van der Waals surface area contributed by atoms with Crippen molar-refractivity contribution in [2.45, 2.75) is 206 Å². The molecular weight excluding hydrogens is 659 g/mol. The molecular formula is C47H81NO5. The number of aliphatic hydroxyl groups is 2. The molecule has 3 unspecified atom stereocenters. The van der Waals surface area contributed by atoms with Crippen LogP contribution >= 0.6 is 0 Å². The molecule has 0 aliphatic carbocycles. The Hall–Kier alpha value is -2.70. The lowest BCUT2D eigenvalue weighted by Gasteiger charge is -2.24. The third kappa shape index (κ3) is 36.1. The Kier molecular flexibility index (Phi) is 38.4. The van der Waals surface area contributed by atoms with Crippen LogP contribution in [-0.2, 0) is 14.3 Å². The molecule has 0 aliphatic rings. The van der Waals surface area contributed by atoms with E-state index < -0.39 is 18.2 Å². The van der Waals surface area contributed by atoms with Crippen LogP contribution in [0.15, 0.2) is 72.9 Å². The van der Waals surface area contributed by atoms with E-state index in [0.717, 1.165) is 96.3 Å². The minimum Gasteiger partial charge on any atom is -0.462 e. The van der Waals surface area contributed by atoms with Crippen LogP contribution in [0.25, 0.3) is 0 Å². The first-order valence-corrected chi connectivity index (χ1v) is 21.7. The number of allylic oxidation sites excluding steroid dienone is 12. The fraction of sp³-hybridized carbons (Fsp3) is 0.702. The number of aliphatic hydroxyl groups excluding tert-OH is 2. The van der Waals surface area contributed by atoms with Gasteiger partial charge in [-0.25, -0.2) is 0 Å². The Morgan fingerprint density at radius 1 is 0.585 bits per heavy atom. The molecule has 6 heteroatoms. The summed E-state index contributed by atoms with van der Waals surface area (Å²) in [5.74, 6) is -0.544. The number of hydrogen-bond acceptors (Lipinski definition) is 5. The number of unbranched alkanes of at least 4 members (excludes halogenated alkanes) is 16. The molecule has 3 N–H and O–H groups in total. The molecule has 0 aromatic rings. The van der Waals surface area contributed by atoms with Crippen LogP contribution in [-0.4, -0.2) is 46.9 Å². The molecule has 0 heterocycles. The molecule has 6 nitrogen and oxygen atoms in total. The van der Waals surface area contributed by atoms with Crippen molar-refractivity contribution in [2.24, 2.45) is 0 Å². The Balaban J connectivity index is 4.72. The van der Waals surface area contributed by atoms with Crippen molar-refractivity contribution in [3.8, 4) is 0 Å². The first-order chi connectivity index (χ1) is 26.0. The summed E-state index contributed by atoms with van der Waals surface area (Å²) in [5, 5.41) is 23.5. The first kappa shape index (κ1) is 50.3. The zero-order valence-corrected chi connectivity index (χ0v) is 34.4. The lowest BCUT2D eigenvalue weighted by Crippen LogP contribution is -2.46. The second kappa shape index (κ2) is 40.5. The topological polar surface area (TPSA) is 95.9 Å². The predicted octanol–water partition coefficient (Wildman–Crippen LogP) is 12.3. The highest BCUT2D eigenvalue weighted by Gasteiger charge is 2.24. The number of nitrogens with one attached hydrogen (secondary N) is 1. The van der Waals surface area contributed by atoms with Gasteiger partial charge in [0.05, 0.1) is 25.2 Å². The van der Waals surface area contributed by atoms with Gasteiger partial charge in [0.2, 0.25) is 5.91 Å². The largest absolute Gasteiger partial charge is 0.462 e. The molecule has 0 rings (SSSR count). The molecule has 1 amide bonds. The average Bonchev–Trinajstić information content (AvgIpc) is 3.15. The van der Waals surface area contributed by atoms with Crippen molar-refractivity contribution < 1.29 is 24.5 Å². The monoisotopic (exact) mass is 740 g/mol. The van der Waals surface area contributed by atoms with Crippen LogP contribution in [0.3, 0.4) is 0 Å². The Morgan fingerprint density at radius 3 is 1.75 bits per heavy atom. The highest BCUT2D eigenvalue weighted by molar-refractivity contribution is 5.77. The summed E-state index contributed by atoms with van der Waals surface area (Å²) in [5.41, 5.74) is 0. The highest BCUT2D eigenvalue weighted by Crippen LogP contribution is 2.17. The van der Waals surface area contributed by atoms with E-state index in [2.05, 4.69) is 68.6 Å². The lowest BCUT2D eigenvalue weighted by molar-refractivity contribution is -0.151. The number of rotatable bonds is 37. The minimum absolute atomic E-state index is 0.0483. The Labute approximate surface area is 326 Å². The van der Waals surface area contributed by atoms with Crippen LogP contribution in [0.5, 0.6) is 0 Å². The van der Waals surface area contributed by atoms with Gasteiger partial charge in [-0.3, -0.25) is 9.59 Å². The van der Waals surface area contributed by atoms with E-state index in [1.165, 1.54) is 44.9 Å². The van der Waals surface area contributed by atoms with Gasteiger partial charge in [-0.1, -0.05) is 177 Å². The number of ether oxygens (including phenoxy) is 1. The van der Waals surface area contributed by atoms with Crippen LogP contribution in [0, 0.1) is 0 Å². The summed E-state index contributed by atoms with van der Waals surface area (Å²) < 4.78 is 5.86. The maximum Gasteiger partial charge on any atom is 0.306 e.